The Hall–Kier alpha value is -4.98. The summed E-state index contributed by atoms with van der Waals surface area (Å²) in [5.74, 6) is -0.0875. The summed E-state index contributed by atoms with van der Waals surface area (Å²) in [5.41, 5.74) is 13.7. The lowest BCUT2D eigenvalue weighted by molar-refractivity contribution is 0.0687. The molecule has 0 aliphatic carbocycles. The van der Waals surface area contributed by atoms with Gasteiger partial charge in [0.15, 0.2) is 0 Å². The number of hydrogen-bond acceptors (Lipinski definition) is 6. The molecule has 0 aromatic heterocycles. The highest BCUT2D eigenvalue weighted by Gasteiger charge is 2.23. The second kappa shape index (κ2) is 9.94. The molecule has 4 aromatic rings. The molecule has 8 nitrogen and oxygen atoms in total. The van der Waals surface area contributed by atoms with Gasteiger partial charge in [-0.05, 0) is 59.7 Å². The molecule has 0 aliphatic heterocycles. The minimum absolute atomic E-state index is 0.0288. The zero-order chi connectivity index (χ0) is 26.7. The third-order valence-corrected chi connectivity index (χ3v) is 6.13. The quantitative estimate of drug-likeness (QED) is 0.211. The Morgan fingerprint density at radius 3 is 1.22 bits per heavy atom. The molecule has 0 bridgehead atoms. The maximum absolute atomic E-state index is 11.1. The van der Waals surface area contributed by atoms with E-state index < -0.39 is 11.9 Å². The van der Waals surface area contributed by atoms with Crippen LogP contribution in [0.5, 0.6) is 23.0 Å². The smallest absolute Gasteiger partial charge is 0.337 e. The number of hydrogen-bond donors (Lipinski definition) is 4. The summed E-state index contributed by atoms with van der Waals surface area (Å²) in [6.45, 7) is 4.21. The minimum Gasteiger partial charge on any atom is -0.478 e. The van der Waals surface area contributed by atoms with E-state index >= 15 is 0 Å². The highest BCUT2D eigenvalue weighted by atomic mass is 16.5. The van der Waals surface area contributed by atoms with E-state index in [1.807, 2.05) is 48.5 Å². The Morgan fingerprint density at radius 2 is 0.919 bits per heavy atom. The van der Waals surface area contributed by atoms with Crippen LogP contribution in [0.25, 0.3) is 0 Å². The van der Waals surface area contributed by atoms with Gasteiger partial charge in [0.05, 0.1) is 11.1 Å². The Morgan fingerprint density at radius 1 is 0.595 bits per heavy atom. The number of anilines is 2. The summed E-state index contributed by atoms with van der Waals surface area (Å²) in [4.78, 5) is 22.3. The zero-order valence-corrected chi connectivity index (χ0v) is 20.3. The van der Waals surface area contributed by atoms with E-state index in [1.54, 1.807) is 12.1 Å². The zero-order valence-electron chi connectivity index (χ0n) is 20.3. The van der Waals surface area contributed by atoms with Crippen LogP contribution in [0, 0.1) is 0 Å². The minimum atomic E-state index is -1.09. The molecule has 0 atom stereocenters. The van der Waals surface area contributed by atoms with Gasteiger partial charge in [0, 0.05) is 28.9 Å². The maximum atomic E-state index is 11.1. The lowest BCUT2D eigenvalue weighted by Gasteiger charge is -2.26. The summed E-state index contributed by atoms with van der Waals surface area (Å²) < 4.78 is 11.7. The first-order valence-electron chi connectivity index (χ1n) is 11.4. The van der Waals surface area contributed by atoms with Gasteiger partial charge in [-0.1, -0.05) is 38.1 Å². The van der Waals surface area contributed by atoms with Crippen molar-refractivity contribution in [2.24, 2.45) is 0 Å². The summed E-state index contributed by atoms with van der Waals surface area (Å²) in [5, 5.41) is 18.2. The van der Waals surface area contributed by atoms with Gasteiger partial charge in [-0.25, -0.2) is 9.59 Å². The van der Waals surface area contributed by atoms with Crippen molar-refractivity contribution in [1.29, 1.82) is 0 Å². The number of ether oxygens (including phenoxy) is 2. The van der Waals surface area contributed by atoms with Crippen LogP contribution in [0.15, 0.2) is 84.9 Å². The number of carboxylic acid groups (broad SMARTS) is 2. The average molecular weight is 499 g/mol. The van der Waals surface area contributed by atoms with E-state index in [9.17, 15) is 9.59 Å². The fourth-order valence-electron chi connectivity index (χ4n) is 3.92. The molecule has 0 amide bonds. The number of aromatic carboxylic acids is 2. The van der Waals surface area contributed by atoms with Gasteiger partial charge in [-0.3, -0.25) is 0 Å². The second-order valence-electron chi connectivity index (χ2n) is 8.99. The van der Waals surface area contributed by atoms with Gasteiger partial charge in [-0.2, -0.15) is 0 Å². The molecule has 0 aliphatic rings. The van der Waals surface area contributed by atoms with Crippen LogP contribution in [0.4, 0.5) is 11.4 Å². The van der Waals surface area contributed by atoms with Crippen LogP contribution in [-0.4, -0.2) is 22.2 Å². The van der Waals surface area contributed by atoms with Crippen molar-refractivity contribution in [3.63, 3.8) is 0 Å². The van der Waals surface area contributed by atoms with Gasteiger partial charge in [0.2, 0.25) is 0 Å². The van der Waals surface area contributed by atoms with Crippen LogP contribution in [0.3, 0.4) is 0 Å². The molecule has 0 spiro atoms. The van der Waals surface area contributed by atoms with E-state index in [-0.39, 0.29) is 27.9 Å². The molecule has 0 unspecified atom stereocenters. The largest absolute Gasteiger partial charge is 0.478 e. The molecule has 37 heavy (non-hydrogen) atoms. The van der Waals surface area contributed by atoms with E-state index in [1.165, 1.54) is 24.3 Å². The summed E-state index contributed by atoms with van der Waals surface area (Å²) >= 11 is 0. The van der Waals surface area contributed by atoms with Gasteiger partial charge >= 0.3 is 11.9 Å². The molecule has 0 heterocycles. The van der Waals surface area contributed by atoms with Crippen molar-refractivity contribution in [2.75, 3.05) is 11.5 Å². The van der Waals surface area contributed by atoms with Gasteiger partial charge in [0.25, 0.3) is 0 Å². The van der Waals surface area contributed by atoms with Crippen molar-refractivity contribution in [1.82, 2.24) is 0 Å². The Bertz CT molecular complexity index is 1350. The Balaban J connectivity index is 1.46. The van der Waals surface area contributed by atoms with Crippen LogP contribution >= 0.6 is 0 Å². The number of carboxylic acids is 2. The molecule has 6 N–H and O–H groups in total. The normalized spacial score (nSPS) is 11.1. The van der Waals surface area contributed by atoms with E-state index in [0.717, 1.165) is 11.1 Å². The van der Waals surface area contributed by atoms with Crippen LogP contribution < -0.4 is 20.9 Å². The molecule has 0 fully saturated rings. The lowest BCUT2D eigenvalue weighted by Crippen LogP contribution is -2.18. The van der Waals surface area contributed by atoms with Gasteiger partial charge in [-0.15, -0.1) is 0 Å². The van der Waals surface area contributed by atoms with Gasteiger partial charge < -0.3 is 31.2 Å². The molecule has 0 saturated heterocycles. The van der Waals surface area contributed by atoms with E-state index in [2.05, 4.69) is 13.8 Å². The predicted molar refractivity (Wildman–Crippen MR) is 141 cm³/mol. The molecular weight excluding hydrogens is 472 g/mol. The second-order valence-corrected chi connectivity index (χ2v) is 8.99. The summed E-state index contributed by atoms with van der Waals surface area (Å²) in [6.07, 6.45) is 0. The summed E-state index contributed by atoms with van der Waals surface area (Å²) in [6, 6.07) is 24.2. The third kappa shape index (κ3) is 5.48. The van der Waals surface area contributed by atoms with E-state index in [0.29, 0.717) is 23.0 Å². The number of nitrogens with two attached hydrogens (primary N) is 2. The number of nitrogen functional groups attached to an aromatic ring is 2. The molecule has 0 saturated carbocycles. The van der Waals surface area contributed by atoms with Crippen LogP contribution in [-0.2, 0) is 5.41 Å². The first-order chi connectivity index (χ1) is 17.5. The van der Waals surface area contributed by atoms with Gasteiger partial charge in [0.1, 0.15) is 23.0 Å². The third-order valence-electron chi connectivity index (χ3n) is 6.13. The SMILES string of the molecule is CC(C)(c1ccc(Oc2ccc(C(=O)O)c(N)c2)cc1)c1ccc(Oc2ccc(C(=O)O)c(N)c2)cc1. The highest BCUT2D eigenvalue weighted by molar-refractivity contribution is 5.94. The Kier molecular flexibility index (Phi) is 6.75. The predicted octanol–water partition coefficient (Wildman–Crippen LogP) is 6.16. The number of rotatable bonds is 8. The van der Waals surface area contributed by atoms with Crippen molar-refractivity contribution < 1.29 is 29.3 Å². The molecule has 8 heteroatoms. The maximum Gasteiger partial charge on any atom is 0.337 e. The highest BCUT2D eigenvalue weighted by Crippen LogP contribution is 2.35. The first kappa shape index (κ1) is 25.1. The molecular formula is C29H26N2O6. The topological polar surface area (TPSA) is 145 Å². The fraction of sp³-hybridized carbons (Fsp3) is 0.103. The molecule has 188 valence electrons. The Labute approximate surface area is 213 Å². The summed E-state index contributed by atoms with van der Waals surface area (Å²) in [7, 11) is 0. The number of benzene rings is 4. The standard InChI is InChI=1S/C29H26N2O6/c1-29(2,17-3-7-19(8-4-17)36-21-11-13-23(27(32)33)25(30)15-21)18-5-9-20(10-6-18)37-22-12-14-24(28(34)35)26(31)16-22/h3-16H,30-31H2,1-2H3,(H,32,33)(H,34,35). The van der Waals surface area contributed by atoms with Crippen LogP contribution in [0.2, 0.25) is 0 Å². The van der Waals surface area contributed by atoms with Crippen LogP contribution in [0.1, 0.15) is 45.7 Å². The van der Waals surface area contributed by atoms with Crippen molar-refractivity contribution >= 4 is 23.3 Å². The fourth-order valence-corrected chi connectivity index (χ4v) is 3.92. The molecule has 4 rings (SSSR count). The average Bonchev–Trinajstić information content (AvgIpc) is 2.84. The molecule has 0 radical (unpaired) electrons. The van der Waals surface area contributed by atoms with Crippen molar-refractivity contribution in [3.8, 4) is 23.0 Å². The first-order valence-corrected chi connectivity index (χ1v) is 11.4. The lowest BCUT2D eigenvalue weighted by atomic mass is 9.78. The molecule has 4 aromatic carbocycles. The van der Waals surface area contributed by atoms with Crippen molar-refractivity contribution in [3.05, 3.63) is 107 Å². The number of carbonyl (C=O) groups is 2. The van der Waals surface area contributed by atoms with E-state index in [4.69, 9.17) is 31.2 Å². The van der Waals surface area contributed by atoms with Crippen molar-refractivity contribution in [2.45, 2.75) is 19.3 Å². The monoisotopic (exact) mass is 498 g/mol.